The largest absolute Gasteiger partial charge is 0.384 e. The Hall–Kier alpha value is -1.71. The standard InChI is InChI=1S/C17H27N5O3S/c1-25-10-8-13-21-15-14-11(6-4-9-19-26(2,23)24)5-3-7-12(14)20-17(18)16(15)22-13/h11,19H,3-10H2,1-2H3,(H2,18,20)(H,21,22). The Morgan fingerprint density at radius 3 is 2.92 bits per heavy atom. The first-order valence-electron chi connectivity index (χ1n) is 8.99. The number of fused-ring (bicyclic) bond motifs is 3. The summed E-state index contributed by atoms with van der Waals surface area (Å²) in [6, 6.07) is 0. The maximum atomic E-state index is 11.2. The van der Waals surface area contributed by atoms with Gasteiger partial charge in [-0.15, -0.1) is 0 Å². The number of aromatic nitrogens is 3. The number of methoxy groups -OCH3 is 1. The Morgan fingerprint density at radius 2 is 2.19 bits per heavy atom. The topological polar surface area (TPSA) is 123 Å². The number of rotatable bonds is 8. The lowest BCUT2D eigenvalue weighted by atomic mass is 9.82. The lowest BCUT2D eigenvalue weighted by Gasteiger charge is -2.25. The van der Waals surface area contributed by atoms with Crippen molar-refractivity contribution >= 4 is 26.9 Å². The first kappa shape index (κ1) is 19.1. The van der Waals surface area contributed by atoms with Gasteiger partial charge in [0.25, 0.3) is 0 Å². The number of imidazole rings is 1. The zero-order chi connectivity index (χ0) is 18.7. The van der Waals surface area contributed by atoms with E-state index in [1.807, 2.05) is 0 Å². The molecular formula is C17H27N5O3S. The van der Waals surface area contributed by atoms with Crippen LogP contribution in [0.3, 0.4) is 0 Å². The molecule has 2 aromatic heterocycles. The van der Waals surface area contributed by atoms with Crippen LogP contribution in [0.2, 0.25) is 0 Å². The minimum Gasteiger partial charge on any atom is -0.384 e. The molecule has 1 aliphatic carbocycles. The molecule has 144 valence electrons. The quantitative estimate of drug-likeness (QED) is 0.595. The van der Waals surface area contributed by atoms with E-state index in [0.717, 1.165) is 54.7 Å². The second-order valence-corrected chi connectivity index (χ2v) is 8.74. The number of sulfonamides is 1. The number of ether oxygens (including phenoxy) is 1. The van der Waals surface area contributed by atoms with E-state index in [9.17, 15) is 8.42 Å². The van der Waals surface area contributed by atoms with E-state index in [1.54, 1.807) is 7.11 Å². The number of aromatic amines is 1. The number of hydrogen-bond acceptors (Lipinski definition) is 6. The van der Waals surface area contributed by atoms with Gasteiger partial charge < -0.3 is 15.5 Å². The van der Waals surface area contributed by atoms with Crippen molar-refractivity contribution in [3.05, 3.63) is 17.1 Å². The second-order valence-electron chi connectivity index (χ2n) is 6.91. The van der Waals surface area contributed by atoms with Gasteiger partial charge in [-0.3, -0.25) is 0 Å². The smallest absolute Gasteiger partial charge is 0.208 e. The van der Waals surface area contributed by atoms with Crippen molar-refractivity contribution in [3.63, 3.8) is 0 Å². The number of aryl methyl sites for hydroxylation is 1. The van der Waals surface area contributed by atoms with Crippen LogP contribution < -0.4 is 10.5 Å². The van der Waals surface area contributed by atoms with E-state index < -0.39 is 10.0 Å². The van der Waals surface area contributed by atoms with Gasteiger partial charge >= 0.3 is 0 Å². The molecule has 1 atom stereocenters. The molecule has 3 rings (SSSR count). The first-order valence-corrected chi connectivity index (χ1v) is 10.9. The van der Waals surface area contributed by atoms with Gasteiger partial charge in [0.2, 0.25) is 10.0 Å². The van der Waals surface area contributed by atoms with Crippen molar-refractivity contribution in [2.45, 2.75) is 44.4 Å². The average molecular weight is 382 g/mol. The van der Waals surface area contributed by atoms with E-state index in [2.05, 4.69) is 14.7 Å². The van der Waals surface area contributed by atoms with Crippen molar-refractivity contribution in [1.82, 2.24) is 19.7 Å². The molecule has 2 aromatic rings. The van der Waals surface area contributed by atoms with Crippen LogP contribution in [0.5, 0.6) is 0 Å². The first-order chi connectivity index (χ1) is 12.4. The minimum atomic E-state index is -3.14. The lowest BCUT2D eigenvalue weighted by molar-refractivity contribution is 0.201. The number of nitrogens with two attached hydrogens (primary N) is 1. The third-order valence-electron chi connectivity index (χ3n) is 4.84. The number of anilines is 1. The van der Waals surface area contributed by atoms with Crippen LogP contribution in [-0.2, 0) is 27.6 Å². The lowest BCUT2D eigenvalue weighted by Crippen LogP contribution is -2.23. The van der Waals surface area contributed by atoms with E-state index in [0.29, 0.717) is 31.3 Å². The number of pyridine rings is 1. The van der Waals surface area contributed by atoms with Crippen LogP contribution >= 0.6 is 0 Å². The molecule has 2 heterocycles. The molecule has 8 nitrogen and oxygen atoms in total. The van der Waals surface area contributed by atoms with Gasteiger partial charge in [0.05, 0.1) is 18.4 Å². The fourth-order valence-electron chi connectivity index (χ4n) is 3.69. The summed E-state index contributed by atoms with van der Waals surface area (Å²) < 4.78 is 30.1. The maximum absolute atomic E-state index is 11.2. The zero-order valence-corrected chi connectivity index (χ0v) is 16.2. The molecule has 0 fully saturated rings. The maximum Gasteiger partial charge on any atom is 0.208 e. The number of nitrogens with one attached hydrogen (secondary N) is 2. The average Bonchev–Trinajstić information content (AvgIpc) is 3.01. The van der Waals surface area contributed by atoms with Crippen LogP contribution in [0.25, 0.3) is 11.0 Å². The molecular weight excluding hydrogens is 354 g/mol. The van der Waals surface area contributed by atoms with Crippen LogP contribution in [0, 0.1) is 0 Å². The van der Waals surface area contributed by atoms with Crippen LogP contribution in [0.15, 0.2) is 0 Å². The highest BCUT2D eigenvalue weighted by molar-refractivity contribution is 7.88. The highest BCUT2D eigenvalue weighted by Crippen LogP contribution is 2.39. The third-order valence-corrected chi connectivity index (χ3v) is 5.57. The highest BCUT2D eigenvalue weighted by Gasteiger charge is 2.26. The van der Waals surface area contributed by atoms with Gasteiger partial charge in [0, 0.05) is 31.3 Å². The molecule has 9 heteroatoms. The van der Waals surface area contributed by atoms with Crippen LogP contribution in [0.1, 0.15) is 48.7 Å². The molecule has 1 aliphatic rings. The van der Waals surface area contributed by atoms with Gasteiger partial charge in [0.15, 0.2) is 0 Å². The Balaban J connectivity index is 1.85. The summed E-state index contributed by atoms with van der Waals surface area (Å²) in [4.78, 5) is 12.7. The molecule has 1 unspecified atom stereocenters. The third kappa shape index (κ3) is 4.33. The summed E-state index contributed by atoms with van der Waals surface area (Å²) in [5.74, 6) is 1.68. The van der Waals surface area contributed by atoms with Gasteiger partial charge in [-0.25, -0.2) is 23.1 Å². The summed E-state index contributed by atoms with van der Waals surface area (Å²) in [6.07, 6.45) is 6.60. The molecule has 4 N–H and O–H groups in total. The van der Waals surface area contributed by atoms with E-state index >= 15 is 0 Å². The van der Waals surface area contributed by atoms with Crippen molar-refractivity contribution < 1.29 is 13.2 Å². The Labute approximate surface area is 154 Å². The Kier molecular flexibility index (Phi) is 5.79. The van der Waals surface area contributed by atoms with Crippen molar-refractivity contribution in [2.75, 3.05) is 32.3 Å². The fourth-order valence-corrected chi connectivity index (χ4v) is 4.21. The van der Waals surface area contributed by atoms with Gasteiger partial charge in [-0.2, -0.15) is 0 Å². The molecule has 0 saturated carbocycles. The van der Waals surface area contributed by atoms with Crippen molar-refractivity contribution in [3.8, 4) is 0 Å². The van der Waals surface area contributed by atoms with Crippen LogP contribution in [0.4, 0.5) is 5.82 Å². The molecule has 26 heavy (non-hydrogen) atoms. The normalized spacial score (nSPS) is 17.5. The van der Waals surface area contributed by atoms with Gasteiger partial charge in [0.1, 0.15) is 17.2 Å². The van der Waals surface area contributed by atoms with E-state index in [-0.39, 0.29) is 0 Å². The molecule has 0 radical (unpaired) electrons. The molecule has 0 saturated heterocycles. The monoisotopic (exact) mass is 381 g/mol. The summed E-state index contributed by atoms with van der Waals surface area (Å²) in [6.45, 7) is 1.05. The van der Waals surface area contributed by atoms with E-state index in [1.165, 1.54) is 11.8 Å². The van der Waals surface area contributed by atoms with Crippen LogP contribution in [-0.4, -0.2) is 49.9 Å². The highest BCUT2D eigenvalue weighted by atomic mass is 32.2. The number of H-pyrrole nitrogens is 1. The van der Waals surface area contributed by atoms with Crippen molar-refractivity contribution in [2.24, 2.45) is 0 Å². The SMILES string of the molecule is COCCc1nc2c3c(nc(N)c2[nH]1)CCCC3CCCNS(C)(=O)=O. The van der Waals surface area contributed by atoms with E-state index in [4.69, 9.17) is 15.5 Å². The summed E-state index contributed by atoms with van der Waals surface area (Å²) in [7, 11) is -1.47. The molecule has 0 amide bonds. The molecule has 0 spiro atoms. The fraction of sp³-hybridized carbons (Fsp3) is 0.647. The predicted octanol–water partition coefficient (Wildman–Crippen LogP) is 1.48. The molecule has 0 aromatic carbocycles. The zero-order valence-electron chi connectivity index (χ0n) is 15.3. The molecule has 0 aliphatic heterocycles. The second kappa shape index (κ2) is 7.89. The number of nitrogen functional groups attached to an aromatic ring is 1. The number of nitrogens with zero attached hydrogens (tertiary/aromatic N) is 2. The summed E-state index contributed by atoms with van der Waals surface area (Å²) >= 11 is 0. The van der Waals surface area contributed by atoms with Gasteiger partial charge in [-0.05, 0) is 38.0 Å². The number of hydrogen-bond donors (Lipinski definition) is 3. The predicted molar refractivity (Wildman–Crippen MR) is 102 cm³/mol. The minimum absolute atomic E-state index is 0.328. The van der Waals surface area contributed by atoms with Gasteiger partial charge in [-0.1, -0.05) is 0 Å². The summed E-state index contributed by atoms with van der Waals surface area (Å²) in [5, 5.41) is 0. The molecule has 0 bridgehead atoms. The Morgan fingerprint density at radius 1 is 1.38 bits per heavy atom. The summed E-state index contributed by atoms with van der Waals surface area (Å²) in [5.41, 5.74) is 10.1. The van der Waals surface area contributed by atoms with Crippen molar-refractivity contribution in [1.29, 1.82) is 0 Å². The Bertz CT molecular complexity index is 878.